The smallest absolute Gasteiger partial charge is 0.323 e. The first-order valence-electron chi connectivity index (χ1n) is 11.8. The van der Waals surface area contributed by atoms with Crippen LogP contribution in [0.5, 0.6) is 0 Å². The summed E-state index contributed by atoms with van der Waals surface area (Å²) in [5, 5.41) is 23.5. The first kappa shape index (κ1) is 26.2. The molecule has 2 saturated heterocycles. The third-order valence-corrected chi connectivity index (χ3v) is 6.12. The predicted octanol–water partition coefficient (Wildman–Crippen LogP) is 1.09. The maximum Gasteiger partial charge on any atom is 0.323 e. The lowest BCUT2D eigenvalue weighted by atomic mass is 10.0. The van der Waals surface area contributed by atoms with Gasteiger partial charge in [0.25, 0.3) is 5.91 Å². The molecule has 0 bridgehead atoms. The van der Waals surface area contributed by atoms with E-state index in [9.17, 15) is 14.4 Å². The van der Waals surface area contributed by atoms with Gasteiger partial charge in [-0.15, -0.1) is 0 Å². The summed E-state index contributed by atoms with van der Waals surface area (Å²) in [7, 11) is 0. The summed E-state index contributed by atoms with van der Waals surface area (Å²) in [6, 6.07) is 7.96. The topological polar surface area (TPSA) is 132 Å². The minimum absolute atomic E-state index is 0.0297. The number of fused-ring (bicyclic) bond motifs is 1. The van der Waals surface area contributed by atoms with E-state index < -0.39 is 24.1 Å². The van der Waals surface area contributed by atoms with Crippen molar-refractivity contribution in [2.45, 2.75) is 63.1 Å². The van der Waals surface area contributed by atoms with E-state index in [0.717, 1.165) is 31.2 Å². The highest BCUT2D eigenvalue weighted by Crippen LogP contribution is 2.23. The molecule has 3 unspecified atom stereocenters. The van der Waals surface area contributed by atoms with Crippen LogP contribution in [0.15, 0.2) is 30.3 Å². The Balaban J connectivity index is 1.65. The van der Waals surface area contributed by atoms with Crippen molar-refractivity contribution in [2.24, 2.45) is 0 Å². The Morgan fingerprint density at radius 1 is 1.18 bits per heavy atom. The van der Waals surface area contributed by atoms with Crippen molar-refractivity contribution in [1.82, 2.24) is 20.7 Å². The molecule has 11 nitrogen and oxygen atoms in total. The summed E-state index contributed by atoms with van der Waals surface area (Å²) in [5.41, 5.74) is 1.07. The maximum absolute atomic E-state index is 13.4. The largest absolute Gasteiger partial charge is 0.464 e. The number of hydrazine groups is 1. The van der Waals surface area contributed by atoms with Crippen LogP contribution in [0, 0.1) is 0 Å². The van der Waals surface area contributed by atoms with Crippen LogP contribution >= 0.6 is 0 Å². The number of rotatable bonds is 12. The first-order chi connectivity index (χ1) is 16.5. The molecule has 34 heavy (non-hydrogen) atoms. The molecule has 1 amide bonds. The van der Waals surface area contributed by atoms with Crippen molar-refractivity contribution in [2.75, 3.05) is 26.3 Å². The normalized spacial score (nSPS) is 22.2. The number of nitrogens with one attached hydrogen (secondary N) is 1. The van der Waals surface area contributed by atoms with Gasteiger partial charge in [0.05, 0.1) is 24.6 Å². The third kappa shape index (κ3) is 7.55. The van der Waals surface area contributed by atoms with Crippen LogP contribution in [0.1, 0.15) is 44.1 Å². The summed E-state index contributed by atoms with van der Waals surface area (Å²) in [5.74, 6) is -0.675. The van der Waals surface area contributed by atoms with Gasteiger partial charge in [-0.05, 0) is 44.1 Å². The maximum atomic E-state index is 13.4. The minimum atomic E-state index is -0.715. The molecule has 1 aromatic rings. The second-order valence-corrected chi connectivity index (χ2v) is 8.53. The highest BCUT2D eigenvalue weighted by Gasteiger charge is 2.39. The van der Waals surface area contributed by atoms with E-state index in [4.69, 9.17) is 15.2 Å². The van der Waals surface area contributed by atoms with E-state index in [-0.39, 0.29) is 30.9 Å². The molecule has 0 spiro atoms. The fourth-order valence-electron chi connectivity index (χ4n) is 4.43. The number of carbonyl (C=O) groups is 3. The number of nitrogens with zero attached hydrogens (tertiary/aromatic N) is 3. The Hall–Kier alpha value is -2.41. The average molecular weight is 479 g/mol. The molecule has 2 aliphatic heterocycles. The Morgan fingerprint density at radius 3 is 2.62 bits per heavy atom. The van der Waals surface area contributed by atoms with Crippen molar-refractivity contribution in [3.05, 3.63) is 35.9 Å². The van der Waals surface area contributed by atoms with Gasteiger partial charge in [-0.1, -0.05) is 30.3 Å². The van der Waals surface area contributed by atoms with Crippen LogP contribution in [0.4, 0.5) is 0 Å². The van der Waals surface area contributed by atoms with Crippen molar-refractivity contribution >= 4 is 18.2 Å². The molecule has 2 fully saturated rings. The van der Waals surface area contributed by atoms with Gasteiger partial charge in [-0.2, -0.15) is 0 Å². The van der Waals surface area contributed by atoms with Crippen LogP contribution in [0.2, 0.25) is 0 Å². The fraction of sp³-hybridized carbons (Fsp3) is 0.609. The Kier molecular flexibility index (Phi) is 10.4. The number of esters is 1. The van der Waals surface area contributed by atoms with Crippen molar-refractivity contribution in [3.63, 3.8) is 0 Å². The predicted molar refractivity (Wildman–Crippen MR) is 119 cm³/mol. The summed E-state index contributed by atoms with van der Waals surface area (Å²) < 4.78 is 5.38. The lowest BCUT2D eigenvalue weighted by molar-refractivity contribution is -0.492. The highest BCUT2D eigenvalue weighted by atomic mass is 17.1. The van der Waals surface area contributed by atoms with Gasteiger partial charge < -0.3 is 9.53 Å². The van der Waals surface area contributed by atoms with Gasteiger partial charge in [-0.3, -0.25) is 35.2 Å². The van der Waals surface area contributed by atoms with Crippen molar-refractivity contribution < 1.29 is 34.4 Å². The molecule has 3 rings (SSSR count). The second-order valence-electron chi connectivity index (χ2n) is 8.53. The average Bonchev–Trinajstić information content (AvgIpc) is 3.00. The van der Waals surface area contributed by atoms with Crippen molar-refractivity contribution in [3.8, 4) is 0 Å². The molecule has 2 heterocycles. The van der Waals surface area contributed by atoms with E-state index >= 15 is 0 Å². The number of aldehydes is 1. The molecule has 11 heteroatoms. The number of amides is 1. The number of hydrogen-bond donors (Lipinski definition) is 3. The molecule has 3 atom stereocenters. The van der Waals surface area contributed by atoms with Crippen LogP contribution in [-0.2, 0) is 30.4 Å². The highest BCUT2D eigenvalue weighted by molar-refractivity contribution is 5.85. The van der Waals surface area contributed by atoms with E-state index in [0.29, 0.717) is 32.2 Å². The van der Waals surface area contributed by atoms with Crippen LogP contribution in [-0.4, -0.2) is 88.4 Å². The second kappa shape index (κ2) is 13.5. The summed E-state index contributed by atoms with van der Waals surface area (Å²) in [4.78, 5) is 42.4. The molecule has 0 saturated carbocycles. The van der Waals surface area contributed by atoms with E-state index in [2.05, 4.69) is 10.2 Å². The van der Waals surface area contributed by atoms with Gasteiger partial charge in [0.2, 0.25) is 0 Å². The Bertz CT molecular complexity index is 795. The Labute approximate surface area is 199 Å². The van der Waals surface area contributed by atoms with Gasteiger partial charge in [-0.25, -0.2) is 5.01 Å². The molecule has 2 aliphatic rings. The lowest BCUT2D eigenvalue weighted by Gasteiger charge is -2.42. The Morgan fingerprint density at radius 2 is 1.91 bits per heavy atom. The SMILES string of the molecule is O=CC1CCCN2CCCC(NC(CCc3ccccc3)C(=O)OCCCON(O)O)C(=O)N12. The van der Waals surface area contributed by atoms with Gasteiger partial charge in [0, 0.05) is 19.5 Å². The van der Waals surface area contributed by atoms with Crippen molar-refractivity contribution in [1.29, 1.82) is 0 Å². The number of aryl methyl sites for hydroxylation is 1. The van der Waals surface area contributed by atoms with Gasteiger partial charge in [0.1, 0.15) is 18.4 Å². The summed E-state index contributed by atoms with van der Waals surface area (Å²) in [6.45, 7) is 1.42. The van der Waals surface area contributed by atoms with Gasteiger partial charge in [0.15, 0.2) is 0 Å². The zero-order valence-electron chi connectivity index (χ0n) is 19.3. The monoisotopic (exact) mass is 478 g/mol. The number of carbonyl (C=O) groups excluding carboxylic acids is 3. The lowest BCUT2D eigenvalue weighted by Crippen LogP contribution is -2.60. The standard InChI is InChI=1S/C23H34N4O7/c28-17-19-9-4-13-25-14-5-10-20(22(29)26(19)25)24-21(12-11-18-7-2-1-3-8-18)23(30)33-15-6-16-34-27(31)32/h1-3,7-8,17,19-21,24,31-32H,4-6,9-16H2. The summed E-state index contributed by atoms with van der Waals surface area (Å²) >= 11 is 0. The molecule has 1 aromatic carbocycles. The first-order valence-corrected chi connectivity index (χ1v) is 11.8. The molecule has 3 N–H and O–H groups in total. The van der Waals surface area contributed by atoms with Crippen LogP contribution in [0.25, 0.3) is 0 Å². The van der Waals surface area contributed by atoms with E-state index in [1.54, 1.807) is 5.01 Å². The zero-order valence-corrected chi connectivity index (χ0v) is 19.3. The van der Waals surface area contributed by atoms with Crippen LogP contribution < -0.4 is 5.32 Å². The van der Waals surface area contributed by atoms with E-state index in [1.165, 1.54) is 0 Å². The molecule has 0 aliphatic carbocycles. The number of benzene rings is 1. The van der Waals surface area contributed by atoms with E-state index in [1.807, 2.05) is 35.3 Å². The van der Waals surface area contributed by atoms with Gasteiger partial charge >= 0.3 is 5.97 Å². The molecular weight excluding hydrogens is 444 g/mol. The molecular formula is C23H34N4O7. The molecule has 0 radical (unpaired) electrons. The number of ether oxygens (including phenoxy) is 1. The summed E-state index contributed by atoms with van der Waals surface area (Å²) in [6.07, 6.45) is 4.98. The number of hydrogen-bond acceptors (Lipinski definition) is 10. The molecule has 0 aromatic heterocycles. The fourth-order valence-corrected chi connectivity index (χ4v) is 4.43. The molecule has 188 valence electrons. The zero-order chi connectivity index (χ0) is 24.3. The van der Waals surface area contributed by atoms with Crippen LogP contribution in [0.3, 0.4) is 0 Å². The minimum Gasteiger partial charge on any atom is -0.464 e. The third-order valence-electron chi connectivity index (χ3n) is 6.12. The quantitative estimate of drug-likeness (QED) is 0.174.